The second kappa shape index (κ2) is 14.1. The molecule has 1 spiro atoms. The zero-order chi connectivity index (χ0) is 38.9. The van der Waals surface area contributed by atoms with E-state index in [4.69, 9.17) is 40.3 Å². The number of halogens is 2. The molecule has 4 aromatic rings. The summed E-state index contributed by atoms with van der Waals surface area (Å²) >= 11 is 0. The summed E-state index contributed by atoms with van der Waals surface area (Å²) in [5.74, 6) is 1.86. The molecule has 5 saturated heterocycles. The summed E-state index contributed by atoms with van der Waals surface area (Å²) in [6.45, 7) is 10.7. The molecule has 8 heterocycles. The van der Waals surface area contributed by atoms with Crippen LogP contribution in [0.15, 0.2) is 42.5 Å². The van der Waals surface area contributed by atoms with Crippen molar-refractivity contribution in [3.8, 4) is 35.5 Å². The number of carbonyl (C=O) groups is 1. The standard InChI is InChI=1S/C43H45F2N7O5/c1-3-30-32(44)8-7-27-5-4-6-31(33(27)30)36-35(45)37-34-38(51-16-14-46-20-28(51)10-17-55-39(34)47-36)49-40(48-37)57-25-43-11-9-29(52(43)21-26(2)19-43)22-56-41(53)50-15-12-42(23-50)13-18-54-24-42/h1,4-8,28-29,46H,2,9-25H2/t28?,29-,42?,43-/m0/s1. The molecule has 1 N–H and O–H groups in total. The topological polar surface area (TPSA) is 114 Å². The number of hydrogen-bond donors (Lipinski definition) is 1. The molecule has 2 aromatic heterocycles. The predicted octanol–water partition coefficient (Wildman–Crippen LogP) is 5.46. The van der Waals surface area contributed by atoms with E-state index >= 15 is 8.78 Å². The molecule has 0 bridgehead atoms. The molecule has 1 amide bonds. The van der Waals surface area contributed by atoms with E-state index in [9.17, 15) is 4.79 Å². The van der Waals surface area contributed by atoms with Gasteiger partial charge >= 0.3 is 12.1 Å². The van der Waals surface area contributed by atoms with E-state index in [0.717, 1.165) is 44.4 Å². The highest BCUT2D eigenvalue weighted by molar-refractivity contribution is 6.03. The Hall–Kier alpha value is -5.10. The second-order valence-electron chi connectivity index (χ2n) is 16.6. The first kappa shape index (κ1) is 36.3. The highest BCUT2D eigenvalue weighted by atomic mass is 19.1. The van der Waals surface area contributed by atoms with Crippen LogP contribution in [0.2, 0.25) is 0 Å². The number of nitrogens with zero attached hydrogens (tertiary/aromatic N) is 6. The lowest BCUT2D eigenvalue weighted by molar-refractivity contribution is 0.0451. The van der Waals surface area contributed by atoms with Gasteiger partial charge in [-0.25, -0.2) is 18.6 Å². The quantitative estimate of drug-likeness (QED) is 0.199. The Morgan fingerprint density at radius 2 is 2.00 bits per heavy atom. The van der Waals surface area contributed by atoms with Gasteiger partial charge in [-0.05, 0) is 43.6 Å². The van der Waals surface area contributed by atoms with Crippen LogP contribution in [0.3, 0.4) is 0 Å². The number of rotatable bonds is 6. The number of carbonyl (C=O) groups excluding carboxylic acids is 1. The number of pyridine rings is 1. The van der Waals surface area contributed by atoms with Gasteiger partial charge in [0.25, 0.3) is 0 Å². The van der Waals surface area contributed by atoms with E-state index in [1.165, 1.54) is 6.07 Å². The van der Waals surface area contributed by atoms with Crippen LogP contribution in [0.1, 0.15) is 44.1 Å². The van der Waals surface area contributed by atoms with Crippen molar-refractivity contribution in [3.05, 3.63) is 59.7 Å². The van der Waals surface area contributed by atoms with Gasteiger partial charge in [-0.1, -0.05) is 42.3 Å². The number of fused-ring (bicyclic) bond motifs is 4. The number of aromatic nitrogens is 3. The Balaban J connectivity index is 0.978. The molecular formula is C43H45F2N7O5. The maximum absolute atomic E-state index is 17.3. The zero-order valence-electron chi connectivity index (χ0n) is 31.8. The minimum Gasteiger partial charge on any atom is -0.477 e. The van der Waals surface area contributed by atoms with E-state index in [1.807, 2.05) is 4.90 Å². The van der Waals surface area contributed by atoms with Gasteiger partial charge in [0.15, 0.2) is 5.82 Å². The molecule has 4 atom stereocenters. The largest absolute Gasteiger partial charge is 0.477 e. The molecule has 57 heavy (non-hydrogen) atoms. The van der Waals surface area contributed by atoms with E-state index in [2.05, 4.69) is 27.6 Å². The third-order valence-corrected chi connectivity index (χ3v) is 13.1. The maximum atomic E-state index is 17.3. The smallest absolute Gasteiger partial charge is 0.409 e. The Labute approximate surface area is 329 Å². The van der Waals surface area contributed by atoms with Crippen molar-refractivity contribution >= 4 is 33.6 Å². The fraction of sp³-hybridized carbons (Fsp3) is 0.488. The van der Waals surface area contributed by atoms with Gasteiger partial charge in [-0.15, -0.1) is 6.42 Å². The lowest BCUT2D eigenvalue weighted by atomic mass is 9.87. The number of piperazine rings is 1. The van der Waals surface area contributed by atoms with Crippen LogP contribution in [0.25, 0.3) is 32.9 Å². The highest BCUT2D eigenvalue weighted by Crippen LogP contribution is 2.46. The van der Waals surface area contributed by atoms with Crippen molar-refractivity contribution in [2.24, 2.45) is 5.41 Å². The molecule has 0 radical (unpaired) electrons. The van der Waals surface area contributed by atoms with Crippen molar-refractivity contribution < 1.29 is 32.5 Å². The Morgan fingerprint density at radius 3 is 2.86 bits per heavy atom. The molecule has 10 rings (SSSR count). The molecule has 0 aliphatic carbocycles. The summed E-state index contributed by atoms with van der Waals surface area (Å²) in [7, 11) is 0. The molecule has 2 unspecified atom stereocenters. The fourth-order valence-corrected chi connectivity index (χ4v) is 10.2. The number of amides is 1. The molecule has 0 saturated carbocycles. The molecule has 6 aliphatic rings. The number of ether oxygens (including phenoxy) is 4. The predicted molar refractivity (Wildman–Crippen MR) is 209 cm³/mol. The summed E-state index contributed by atoms with van der Waals surface area (Å²) in [4.78, 5) is 34.0. The average Bonchev–Trinajstić information content (AvgIpc) is 4.01. The van der Waals surface area contributed by atoms with Gasteiger partial charge in [0.2, 0.25) is 5.88 Å². The number of hydrogen-bond acceptors (Lipinski definition) is 11. The number of likely N-dealkylation sites (tertiary alicyclic amines) is 1. The number of terminal acetylenes is 1. The van der Waals surface area contributed by atoms with Crippen LogP contribution in [0, 0.1) is 29.4 Å². The lowest BCUT2D eigenvalue weighted by Crippen LogP contribution is -2.52. The molecule has 12 nitrogen and oxygen atoms in total. The number of nitrogens with one attached hydrogen (secondary N) is 1. The van der Waals surface area contributed by atoms with Crippen molar-refractivity contribution in [2.75, 3.05) is 77.2 Å². The molecule has 14 heteroatoms. The molecule has 296 valence electrons. The van der Waals surface area contributed by atoms with E-state index in [1.54, 1.807) is 24.3 Å². The van der Waals surface area contributed by atoms with Gasteiger partial charge < -0.3 is 34.1 Å². The molecule has 2 aromatic carbocycles. The van der Waals surface area contributed by atoms with Crippen LogP contribution in [-0.4, -0.2) is 121 Å². The van der Waals surface area contributed by atoms with Gasteiger partial charge in [0.1, 0.15) is 41.4 Å². The van der Waals surface area contributed by atoms with Crippen LogP contribution in [0.5, 0.6) is 11.9 Å². The lowest BCUT2D eigenvalue weighted by Gasteiger charge is -2.39. The number of anilines is 1. The summed E-state index contributed by atoms with van der Waals surface area (Å²) in [6.07, 6.45) is 10.5. The average molecular weight is 778 g/mol. The van der Waals surface area contributed by atoms with Crippen molar-refractivity contribution in [2.45, 2.75) is 56.1 Å². The fourth-order valence-electron chi connectivity index (χ4n) is 10.2. The SMILES string of the molecule is C#Cc1c(F)ccc2cccc(-c3nc4c5c(nc(OC[C@@]67CC[C@@H](COC(=O)N8CCC9(CCOC9)C8)N6CC(=C)C7)nc5c3F)N3CCNCC3CCO4)c12. The Bertz CT molecular complexity index is 2350. The van der Waals surface area contributed by atoms with E-state index in [0.29, 0.717) is 86.3 Å². The van der Waals surface area contributed by atoms with Crippen molar-refractivity contribution in [1.82, 2.24) is 30.1 Å². The summed E-state index contributed by atoms with van der Waals surface area (Å²) in [5, 5.41) is 4.85. The van der Waals surface area contributed by atoms with Crippen molar-refractivity contribution in [1.29, 1.82) is 0 Å². The van der Waals surface area contributed by atoms with Gasteiger partial charge in [0, 0.05) is 80.7 Å². The second-order valence-corrected chi connectivity index (χ2v) is 16.6. The van der Waals surface area contributed by atoms with Crippen LogP contribution in [0.4, 0.5) is 19.4 Å². The maximum Gasteiger partial charge on any atom is 0.409 e. The zero-order valence-corrected chi connectivity index (χ0v) is 31.8. The molecule has 6 aliphatic heterocycles. The van der Waals surface area contributed by atoms with E-state index < -0.39 is 17.2 Å². The van der Waals surface area contributed by atoms with Gasteiger partial charge in [-0.2, -0.15) is 9.97 Å². The third kappa shape index (κ3) is 6.13. The first-order valence-electron chi connectivity index (χ1n) is 20.0. The Morgan fingerprint density at radius 1 is 1.09 bits per heavy atom. The monoisotopic (exact) mass is 777 g/mol. The first-order valence-corrected chi connectivity index (χ1v) is 20.0. The Kier molecular flexibility index (Phi) is 8.95. The van der Waals surface area contributed by atoms with Crippen molar-refractivity contribution in [3.63, 3.8) is 0 Å². The molecule has 5 fully saturated rings. The van der Waals surface area contributed by atoms with Crippen LogP contribution < -0.4 is 19.7 Å². The molecular weight excluding hydrogens is 733 g/mol. The minimum atomic E-state index is -0.709. The normalized spacial score (nSPS) is 27.0. The summed E-state index contributed by atoms with van der Waals surface area (Å²) in [5.41, 5.74) is 1.03. The van der Waals surface area contributed by atoms with Crippen LogP contribution in [-0.2, 0) is 9.47 Å². The summed E-state index contributed by atoms with van der Waals surface area (Å²) < 4.78 is 56.8. The van der Waals surface area contributed by atoms with Gasteiger partial charge in [0.05, 0.1) is 24.3 Å². The number of benzene rings is 2. The highest BCUT2D eigenvalue weighted by Gasteiger charge is 2.52. The third-order valence-electron chi connectivity index (χ3n) is 13.1. The van der Waals surface area contributed by atoms with E-state index in [-0.39, 0.29) is 65.5 Å². The minimum absolute atomic E-state index is 0.0000517. The summed E-state index contributed by atoms with van der Waals surface area (Å²) in [6, 6.07) is 8.26. The van der Waals surface area contributed by atoms with Crippen LogP contribution >= 0.6 is 0 Å². The van der Waals surface area contributed by atoms with Gasteiger partial charge in [-0.3, -0.25) is 4.90 Å². The first-order chi connectivity index (χ1) is 27.7.